The molecule has 11 aromatic rings. The molecule has 4 nitrogen and oxygen atoms in total. The van der Waals surface area contributed by atoms with E-state index in [9.17, 15) is 0 Å². The third-order valence-corrected chi connectivity index (χ3v) is 10.7. The van der Waals surface area contributed by atoms with Gasteiger partial charge >= 0.3 is 0 Å². The number of nitrogens with zero attached hydrogens (tertiary/aromatic N) is 4. The van der Waals surface area contributed by atoms with Crippen LogP contribution in [-0.4, -0.2) is 19.1 Å². The van der Waals surface area contributed by atoms with Crippen molar-refractivity contribution in [2.75, 3.05) is 0 Å². The van der Waals surface area contributed by atoms with Crippen LogP contribution in [-0.2, 0) is 0 Å². The summed E-state index contributed by atoms with van der Waals surface area (Å²) >= 11 is 0. The molecule has 0 aliphatic heterocycles. The second-order valence-electron chi connectivity index (χ2n) is 13.9. The molecule has 0 saturated heterocycles. The minimum atomic E-state index is 0.882. The van der Waals surface area contributed by atoms with Gasteiger partial charge in [-0.3, -0.25) is 4.98 Å². The molecular formula is C50H32N4. The van der Waals surface area contributed by atoms with Gasteiger partial charge in [-0.25, -0.2) is 4.98 Å². The second kappa shape index (κ2) is 12.1. The molecule has 7 aromatic carbocycles. The molecule has 54 heavy (non-hydrogen) atoms. The zero-order valence-electron chi connectivity index (χ0n) is 29.3. The lowest BCUT2D eigenvalue weighted by Crippen LogP contribution is -1.96. The van der Waals surface area contributed by atoms with Gasteiger partial charge < -0.3 is 9.13 Å². The third-order valence-electron chi connectivity index (χ3n) is 10.7. The average Bonchev–Trinajstić information content (AvgIpc) is 3.76. The van der Waals surface area contributed by atoms with Crippen LogP contribution in [0.5, 0.6) is 0 Å². The van der Waals surface area contributed by atoms with Crippen LogP contribution in [0, 0.1) is 0 Å². The van der Waals surface area contributed by atoms with Crippen LogP contribution in [0.3, 0.4) is 0 Å². The summed E-state index contributed by atoms with van der Waals surface area (Å²) in [6, 6.07) is 67.2. The van der Waals surface area contributed by atoms with Gasteiger partial charge in [0.1, 0.15) is 11.0 Å². The number of hydrogen-bond acceptors (Lipinski definition) is 2. The van der Waals surface area contributed by atoms with Crippen LogP contribution in [0.1, 0.15) is 0 Å². The smallest absolute Gasteiger partial charge is 0.115 e. The van der Waals surface area contributed by atoms with Gasteiger partial charge in [-0.1, -0.05) is 121 Å². The van der Waals surface area contributed by atoms with Crippen LogP contribution in [0.2, 0.25) is 0 Å². The fourth-order valence-electron chi connectivity index (χ4n) is 8.26. The molecule has 0 spiro atoms. The summed E-state index contributed by atoms with van der Waals surface area (Å²) in [6.07, 6.45) is 1.87. The molecule has 0 amide bonds. The van der Waals surface area contributed by atoms with E-state index in [0.29, 0.717) is 0 Å². The number of para-hydroxylation sites is 1. The van der Waals surface area contributed by atoms with Crippen molar-refractivity contribution in [1.82, 2.24) is 19.1 Å². The quantitative estimate of drug-likeness (QED) is 0.180. The lowest BCUT2D eigenvalue weighted by atomic mass is 9.98. The van der Waals surface area contributed by atoms with Gasteiger partial charge in [-0.05, 0) is 94.4 Å². The van der Waals surface area contributed by atoms with Crippen LogP contribution < -0.4 is 0 Å². The first kappa shape index (κ1) is 30.3. The van der Waals surface area contributed by atoms with E-state index in [-0.39, 0.29) is 0 Å². The standard InChI is InChI=1S/C50H32N4/c1-3-13-33(14-4-1)37-29-38(34-15-5-2-6-16-34)31-39(30-37)53-47-23-12-28-51-49(47)50-48(53)27-25-43(52-50)36-24-26-46-42(32-36)41-20-9-10-21-45(41)54(46)44-22-11-18-35-17-7-8-19-40(35)44/h1-32H. The molecular weight excluding hydrogens is 657 g/mol. The van der Waals surface area contributed by atoms with Crippen molar-refractivity contribution in [3.05, 3.63) is 194 Å². The monoisotopic (exact) mass is 688 g/mol. The van der Waals surface area contributed by atoms with E-state index >= 15 is 0 Å². The third kappa shape index (κ3) is 4.78. The first-order valence-corrected chi connectivity index (χ1v) is 18.3. The van der Waals surface area contributed by atoms with Crippen molar-refractivity contribution in [2.45, 2.75) is 0 Å². The second-order valence-corrected chi connectivity index (χ2v) is 13.9. The molecule has 4 heteroatoms. The zero-order chi connectivity index (χ0) is 35.6. The maximum atomic E-state index is 5.38. The molecule has 0 unspecified atom stereocenters. The van der Waals surface area contributed by atoms with E-state index in [2.05, 4.69) is 191 Å². The Balaban J connectivity index is 1.10. The maximum absolute atomic E-state index is 5.38. The summed E-state index contributed by atoms with van der Waals surface area (Å²) in [4.78, 5) is 10.3. The average molecular weight is 689 g/mol. The van der Waals surface area contributed by atoms with Crippen molar-refractivity contribution >= 4 is 54.6 Å². The van der Waals surface area contributed by atoms with Gasteiger partial charge in [-0.15, -0.1) is 0 Å². The van der Waals surface area contributed by atoms with Gasteiger partial charge in [0.2, 0.25) is 0 Å². The summed E-state index contributed by atoms with van der Waals surface area (Å²) in [6.45, 7) is 0. The Labute approximate surface area is 311 Å². The minimum absolute atomic E-state index is 0.882. The van der Waals surface area contributed by atoms with E-state index in [1.807, 2.05) is 12.3 Å². The highest BCUT2D eigenvalue weighted by molar-refractivity contribution is 6.12. The SMILES string of the molecule is c1ccc(-c2cc(-c3ccccc3)cc(-n3c4cccnc4c4nc(-c5ccc6c(c5)c5ccccc5n6-c5cccc6ccccc56)ccc43)c2)cc1. The van der Waals surface area contributed by atoms with Gasteiger partial charge in [0, 0.05) is 33.6 Å². The lowest BCUT2D eigenvalue weighted by Gasteiger charge is -2.14. The van der Waals surface area contributed by atoms with Crippen LogP contribution in [0.15, 0.2) is 194 Å². The van der Waals surface area contributed by atoms with E-state index in [0.717, 1.165) is 50.1 Å². The van der Waals surface area contributed by atoms with E-state index in [1.165, 1.54) is 49.4 Å². The summed E-state index contributed by atoms with van der Waals surface area (Å²) < 4.78 is 4.71. The number of hydrogen-bond donors (Lipinski definition) is 0. The molecule has 0 fully saturated rings. The number of rotatable bonds is 5. The number of fused-ring (bicyclic) bond motifs is 7. The summed E-state index contributed by atoms with van der Waals surface area (Å²) in [5.41, 5.74) is 15.1. The van der Waals surface area contributed by atoms with Crippen LogP contribution in [0.25, 0.3) is 99.5 Å². The molecule has 0 radical (unpaired) electrons. The lowest BCUT2D eigenvalue weighted by molar-refractivity contribution is 1.17. The Morgan fingerprint density at radius 3 is 1.78 bits per heavy atom. The van der Waals surface area contributed by atoms with Gasteiger partial charge in [0.05, 0.1) is 33.4 Å². The maximum Gasteiger partial charge on any atom is 0.115 e. The number of pyridine rings is 2. The Bertz CT molecular complexity index is 3150. The first-order chi connectivity index (χ1) is 26.8. The zero-order valence-corrected chi connectivity index (χ0v) is 29.3. The van der Waals surface area contributed by atoms with Crippen molar-refractivity contribution in [1.29, 1.82) is 0 Å². The predicted octanol–water partition coefficient (Wildman–Crippen LogP) is 12.8. The largest absolute Gasteiger partial charge is 0.309 e. The Hall–Kier alpha value is -7.30. The molecule has 0 aliphatic rings. The predicted molar refractivity (Wildman–Crippen MR) is 225 cm³/mol. The molecule has 0 saturated carbocycles. The highest BCUT2D eigenvalue weighted by Crippen LogP contribution is 2.39. The number of aromatic nitrogens is 4. The molecule has 0 aliphatic carbocycles. The summed E-state index contributed by atoms with van der Waals surface area (Å²) in [7, 11) is 0. The Morgan fingerprint density at radius 1 is 0.352 bits per heavy atom. The molecule has 0 bridgehead atoms. The first-order valence-electron chi connectivity index (χ1n) is 18.3. The van der Waals surface area contributed by atoms with Gasteiger partial charge in [0.15, 0.2) is 0 Å². The summed E-state index contributed by atoms with van der Waals surface area (Å²) in [5.74, 6) is 0. The van der Waals surface area contributed by atoms with Gasteiger partial charge in [0.25, 0.3) is 0 Å². The molecule has 4 heterocycles. The van der Waals surface area contributed by atoms with Crippen molar-refractivity contribution in [3.8, 4) is 44.9 Å². The minimum Gasteiger partial charge on any atom is -0.309 e. The highest BCUT2D eigenvalue weighted by Gasteiger charge is 2.19. The molecule has 252 valence electrons. The van der Waals surface area contributed by atoms with Crippen molar-refractivity contribution < 1.29 is 0 Å². The normalized spacial score (nSPS) is 11.7. The Morgan fingerprint density at radius 2 is 0.981 bits per heavy atom. The van der Waals surface area contributed by atoms with Crippen LogP contribution in [0.4, 0.5) is 0 Å². The van der Waals surface area contributed by atoms with Crippen molar-refractivity contribution in [2.24, 2.45) is 0 Å². The topological polar surface area (TPSA) is 35.6 Å². The van der Waals surface area contributed by atoms with E-state index in [4.69, 9.17) is 9.97 Å². The molecule has 0 atom stereocenters. The molecule has 4 aromatic heterocycles. The van der Waals surface area contributed by atoms with E-state index in [1.54, 1.807) is 0 Å². The van der Waals surface area contributed by atoms with E-state index < -0.39 is 0 Å². The fraction of sp³-hybridized carbons (Fsp3) is 0. The Kier molecular flexibility index (Phi) is 6.82. The van der Waals surface area contributed by atoms with Crippen LogP contribution >= 0.6 is 0 Å². The summed E-state index contributed by atoms with van der Waals surface area (Å²) in [5, 5.41) is 4.87. The van der Waals surface area contributed by atoms with Gasteiger partial charge in [-0.2, -0.15) is 0 Å². The highest BCUT2D eigenvalue weighted by atomic mass is 15.0. The molecule has 0 N–H and O–H groups in total. The fourth-order valence-corrected chi connectivity index (χ4v) is 8.26. The van der Waals surface area contributed by atoms with Crippen molar-refractivity contribution in [3.63, 3.8) is 0 Å². The number of benzene rings is 7. The molecule has 11 rings (SSSR count).